The highest BCUT2D eigenvalue weighted by Gasteiger charge is 2.11. The zero-order chi connectivity index (χ0) is 13.4. The van der Waals surface area contributed by atoms with Crippen LogP contribution in [0.4, 0.5) is 5.69 Å². The fourth-order valence-corrected chi connectivity index (χ4v) is 2.30. The van der Waals surface area contributed by atoms with Gasteiger partial charge in [0.15, 0.2) is 0 Å². The van der Waals surface area contributed by atoms with Crippen molar-refractivity contribution in [3.8, 4) is 0 Å². The minimum atomic E-state index is 0.0584. The number of nitrogens with zero attached hydrogens (tertiary/aromatic N) is 1. The van der Waals surface area contributed by atoms with Crippen LogP contribution in [0, 0.1) is 0 Å². The van der Waals surface area contributed by atoms with E-state index in [2.05, 4.69) is 13.2 Å². The van der Waals surface area contributed by atoms with Crippen LogP contribution in [0.15, 0.2) is 54.5 Å². The first-order valence-corrected chi connectivity index (χ1v) is 6.64. The SMILES string of the molecule is C=CCN(CC=C)C(=O)CSc1ccccc1N. The Morgan fingerprint density at radius 3 is 2.44 bits per heavy atom. The number of thioether (sulfide) groups is 1. The van der Waals surface area contributed by atoms with E-state index in [1.54, 1.807) is 17.1 Å². The third-order valence-electron chi connectivity index (χ3n) is 2.32. The highest BCUT2D eigenvalue weighted by Crippen LogP contribution is 2.24. The number of nitrogen functional groups attached to an aromatic ring is 1. The minimum Gasteiger partial charge on any atom is -0.398 e. The Kier molecular flexibility index (Phi) is 6.08. The molecule has 4 heteroatoms. The summed E-state index contributed by atoms with van der Waals surface area (Å²) in [6, 6.07) is 7.54. The number of carbonyl (C=O) groups excluding carboxylic acids is 1. The molecule has 0 aliphatic carbocycles. The summed E-state index contributed by atoms with van der Waals surface area (Å²) >= 11 is 1.45. The van der Waals surface area contributed by atoms with Gasteiger partial charge in [0, 0.05) is 23.7 Å². The second-order valence-corrected chi connectivity index (χ2v) is 4.72. The van der Waals surface area contributed by atoms with E-state index in [9.17, 15) is 4.79 Å². The monoisotopic (exact) mass is 262 g/mol. The molecule has 3 nitrogen and oxygen atoms in total. The summed E-state index contributed by atoms with van der Waals surface area (Å²) in [6.07, 6.45) is 3.42. The lowest BCUT2D eigenvalue weighted by atomic mass is 10.3. The van der Waals surface area contributed by atoms with E-state index in [1.807, 2.05) is 24.3 Å². The number of hydrogen-bond donors (Lipinski definition) is 1. The van der Waals surface area contributed by atoms with E-state index < -0.39 is 0 Å². The molecule has 0 fully saturated rings. The summed E-state index contributed by atoms with van der Waals surface area (Å²) < 4.78 is 0. The van der Waals surface area contributed by atoms with E-state index in [1.165, 1.54) is 11.8 Å². The van der Waals surface area contributed by atoms with Gasteiger partial charge in [-0.3, -0.25) is 4.79 Å². The molecular weight excluding hydrogens is 244 g/mol. The molecule has 0 spiro atoms. The van der Waals surface area contributed by atoms with Gasteiger partial charge < -0.3 is 10.6 Å². The molecule has 0 saturated carbocycles. The maximum absolute atomic E-state index is 12.0. The zero-order valence-corrected chi connectivity index (χ0v) is 11.2. The highest BCUT2D eigenvalue weighted by molar-refractivity contribution is 8.00. The average molecular weight is 262 g/mol. The Balaban J connectivity index is 2.56. The number of anilines is 1. The van der Waals surface area contributed by atoms with Crippen LogP contribution in [-0.4, -0.2) is 29.6 Å². The van der Waals surface area contributed by atoms with Gasteiger partial charge in [-0.25, -0.2) is 0 Å². The average Bonchev–Trinajstić information content (AvgIpc) is 2.37. The van der Waals surface area contributed by atoms with Crippen LogP contribution in [0.2, 0.25) is 0 Å². The van der Waals surface area contributed by atoms with Gasteiger partial charge in [0.1, 0.15) is 0 Å². The topological polar surface area (TPSA) is 46.3 Å². The first kappa shape index (κ1) is 14.4. The van der Waals surface area contributed by atoms with Crippen molar-refractivity contribution in [3.05, 3.63) is 49.6 Å². The fourth-order valence-electron chi connectivity index (χ4n) is 1.43. The molecule has 0 heterocycles. The maximum Gasteiger partial charge on any atom is 0.233 e. The van der Waals surface area contributed by atoms with Gasteiger partial charge in [-0.1, -0.05) is 24.3 Å². The molecule has 0 aromatic heterocycles. The van der Waals surface area contributed by atoms with Gasteiger partial charge in [-0.05, 0) is 12.1 Å². The number of benzene rings is 1. The number of nitrogens with two attached hydrogens (primary N) is 1. The lowest BCUT2D eigenvalue weighted by Gasteiger charge is -2.19. The number of para-hydroxylation sites is 1. The van der Waals surface area contributed by atoms with Crippen molar-refractivity contribution in [1.82, 2.24) is 4.90 Å². The summed E-state index contributed by atoms with van der Waals surface area (Å²) in [7, 11) is 0. The molecule has 2 N–H and O–H groups in total. The van der Waals surface area contributed by atoms with Gasteiger partial charge in [0.05, 0.1) is 5.75 Å². The molecule has 0 radical (unpaired) electrons. The molecule has 1 aromatic carbocycles. The largest absolute Gasteiger partial charge is 0.398 e. The zero-order valence-electron chi connectivity index (χ0n) is 10.3. The summed E-state index contributed by atoms with van der Waals surface area (Å²) in [5.74, 6) is 0.429. The van der Waals surface area contributed by atoms with Crippen molar-refractivity contribution in [2.45, 2.75) is 4.90 Å². The quantitative estimate of drug-likeness (QED) is 0.467. The molecule has 1 rings (SSSR count). The predicted molar refractivity (Wildman–Crippen MR) is 78.6 cm³/mol. The number of amides is 1. The van der Waals surface area contributed by atoms with Gasteiger partial charge in [-0.15, -0.1) is 24.9 Å². The van der Waals surface area contributed by atoms with Gasteiger partial charge in [0.25, 0.3) is 0 Å². The third kappa shape index (κ3) is 4.30. The van der Waals surface area contributed by atoms with Crippen molar-refractivity contribution in [2.24, 2.45) is 0 Å². The summed E-state index contributed by atoms with van der Waals surface area (Å²) in [6.45, 7) is 8.36. The first-order valence-electron chi connectivity index (χ1n) is 5.66. The highest BCUT2D eigenvalue weighted by atomic mass is 32.2. The van der Waals surface area contributed by atoms with E-state index >= 15 is 0 Å². The Labute approximate surface area is 112 Å². The molecular formula is C14H18N2OS. The molecule has 1 aromatic rings. The molecule has 96 valence electrons. The Morgan fingerprint density at radius 2 is 1.89 bits per heavy atom. The molecule has 0 unspecified atom stereocenters. The van der Waals surface area contributed by atoms with Gasteiger partial charge in [0.2, 0.25) is 5.91 Å². The van der Waals surface area contributed by atoms with Crippen LogP contribution < -0.4 is 5.73 Å². The van der Waals surface area contributed by atoms with E-state index in [4.69, 9.17) is 5.73 Å². The summed E-state index contributed by atoms with van der Waals surface area (Å²) in [5, 5.41) is 0. The second-order valence-electron chi connectivity index (χ2n) is 3.70. The van der Waals surface area contributed by atoms with Crippen LogP contribution in [0.25, 0.3) is 0 Å². The Bertz CT molecular complexity index is 422. The van der Waals surface area contributed by atoms with Crippen molar-refractivity contribution in [3.63, 3.8) is 0 Å². The molecule has 0 aliphatic heterocycles. The van der Waals surface area contributed by atoms with Crippen LogP contribution in [0.5, 0.6) is 0 Å². The molecule has 1 amide bonds. The second kappa shape index (κ2) is 7.61. The van der Waals surface area contributed by atoms with E-state index in [-0.39, 0.29) is 5.91 Å². The standard InChI is InChI=1S/C14H18N2OS/c1-3-9-16(10-4-2)14(17)11-18-13-8-6-5-7-12(13)15/h3-8H,1-2,9-11,15H2. The van der Waals surface area contributed by atoms with Crippen molar-refractivity contribution in [1.29, 1.82) is 0 Å². The van der Waals surface area contributed by atoms with Crippen LogP contribution in [-0.2, 0) is 4.79 Å². The molecule has 0 bridgehead atoms. The van der Waals surface area contributed by atoms with Crippen LogP contribution in [0.1, 0.15) is 0 Å². The van der Waals surface area contributed by atoms with E-state index in [0.717, 1.165) is 4.90 Å². The Morgan fingerprint density at radius 1 is 1.28 bits per heavy atom. The number of hydrogen-bond acceptors (Lipinski definition) is 3. The summed E-state index contributed by atoms with van der Waals surface area (Å²) in [4.78, 5) is 14.6. The van der Waals surface area contributed by atoms with Crippen LogP contribution >= 0.6 is 11.8 Å². The van der Waals surface area contributed by atoms with Crippen molar-refractivity contribution >= 4 is 23.4 Å². The molecule has 0 atom stereocenters. The smallest absolute Gasteiger partial charge is 0.233 e. The maximum atomic E-state index is 12.0. The summed E-state index contributed by atoms with van der Waals surface area (Å²) in [5.41, 5.74) is 6.53. The number of rotatable bonds is 7. The van der Waals surface area contributed by atoms with Crippen LogP contribution in [0.3, 0.4) is 0 Å². The van der Waals surface area contributed by atoms with Gasteiger partial charge in [-0.2, -0.15) is 0 Å². The van der Waals surface area contributed by atoms with E-state index in [0.29, 0.717) is 24.5 Å². The normalized spacial score (nSPS) is 9.78. The van der Waals surface area contributed by atoms with Crippen molar-refractivity contribution in [2.75, 3.05) is 24.6 Å². The minimum absolute atomic E-state index is 0.0584. The Hall–Kier alpha value is -1.68. The fraction of sp³-hybridized carbons (Fsp3) is 0.214. The number of carbonyl (C=O) groups is 1. The third-order valence-corrected chi connectivity index (χ3v) is 3.40. The molecule has 18 heavy (non-hydrogen) atoms. The predicted octanol–water partition coefficient (Wildman–Crippen LogP) is 2.56. The van der Waals surface area contributed by atoms with Gasteiger partial charge >= 0.3 is 0 Å². The first-order chi connectivity index (χ1) is 8.69. The molecule has 0 saturated heterocycles. The van der Waals surface area contributed by atoms with Crippen molar-refractivity contribution < 1.29 is 4.79 Å². The molecule has 0 aliphatic rings. The lowest BCUT2D eigenvalue weighted by molar-refractivity contribution is -0.127. The lowest BCUT2D eigenvalue weighted by Crippen LogP contribution is -2.32.